The molecule has 2 unspecified atom stereocenters. The van der Waals surface area contributed by atoms with E-state index in [1.54, 1.807) is 16.5 Å². The first-order chi connectivity index (χ1) is 18.4. The molecule has 4 aliphatic heterocycles. The van der Waals surface area contributed by atoms with Crippen LogP contribution in [0.25, 0.3) is 21.7 Å². The summed E-state index contributed by atoms with van der Waals surface area (Å²) in [6.07, 6.45) is -2.94. The number of ether oxygens (including phenoxy) is 2. The van der Waals surface area contributed by atoms with Crippen LogP contribution in [0.4, 0.5) is 19.6 Å². The molecule has 39 heavy (non-hydrogen) atoms. The summed E-state index contributed by atoms with van der Waals surface area (Å²) in [6.45, 7) is 5.94. The van der Waals surface area contributed by atoms with Crippen LogP contribution in [-0.4, -0.2) is 93.0 Å². The third kappa shape index (κ3) is 4.65. The molecule has 4 aliphatic rings. The number of hydrogen-bond acceptors (Lipinski definition) is 10. The van der Waals surface area contributed by atoms with Gasteiger partial charge < -0.3 is 28.8 Å². The number of piperazine rings is 1. The molecule has 0 spiro atoms. The van der Waals surface area contributed by atoms with Crippen LogP contribution in [0.1, 0.15) is 27.2 Å². The Balaban J connectivity index is 1.28. The minimum Gasteiger partial charge on any atom is -0.444 e. The van der Waals surface area contributed by atoms with Gasteiger partial charge in [-0.3, -0.25) is 9.69 Å². The van der Waals surface area contributed by atoms with Gasteiger partial charge in [-0.1, -0.05) is 0 Å². The molecule has 2 atom stereocenters. The molecule has 2 aromatic heterocycles. The van der Waals surface area contributed by atoms with Crippen LogP contribution < -0.4 is 9.64 Å². The molecule has 0 aliphatic carbocycles. The minimum atomic E-state index is -4.17. The Hall–Kier alpha value is -3.52. The monoisotopic (exact) mass is 563 g/mol. The van der Waals surface area contributed by atoms with Crippen molar-refractivity contribution in [3.8, 4) is 16.3 Å². The highest BCUT2D eigenvalue weighted by atomic mass is 32.1. The Morgan fingerprint density at radius 2 is 1.87 bits per heavy atom. The molecule has 11 nitrogen and oxygen atoms in total. The summed E-state index contributed by atoms with van der Waals surface area (Å²) in [7, 11) is 0. The molecule has 6 heterocycles. The zero-order chi connectivity index (χ0) is 27.7. The molecule has 1 aromatic carbocycles. The quantitative estimate of drug-likeness (QED) is 0.498. The van der Waals surface area contributed by atoms with Crippen molar-refractivity contribution in [2.24, 2.45) is 0 Å². The number of likely N-dealkylation sites (tertiary alicyclic amines) is 1. The van der Waals surface area contributed by atoms with Crippen molar-refractivity contribution in [3.63, 3.8) is 0 Å². The number of benzene rings is 1. The van der Waals surface area contributed by atoms with E-state index in [-0.39, 0.29) is 54.1 Å². The fourth-order valence-electron chi connectivity index (χ4n) is 5.08. The second-order valence-corrected chi connectivity index (χ2v) is 11.8. The van der Waals surface area contributed by atoms with E-state index in [2.05, 4.69) is 9.97 Å². The maximum atomic E-state index is 14.8. The van der Waals surface area contributed by atoms with Gasteiger partial charge in [0.15, 0.2) is 16.8 Å². The summed E-state index contributed by atoms with van der Waals surface area (Å²) in [4.78, 5) is 38.2. The number of thiazole rings is 1. The van der Waals surface area contributed by atoms with Crippen molar-refractivity contribution < 1.29 is 37.4 Å². The zero-order valence-corrected chi connectivity index (χ0v) is 22.3. The predicted molar refractivity (Wildman–Crippen MR) is 136 cm³/mol. The molecule has 4 fully saturated rings. The van der Waals surface area contributed by atoms with Crippen LogP contribution >= 0.6 is 11.3 Å². The van der Waals surface area contributed by atoms with Crippen LogP contribution in [0, 0.1) is 0 Å². The number of piperidine rings is 1. The summed E-state index contributed by atoms with van der Waals surface area (Å²) in [6, 6.07) is 2.85. The number of anilines is 1. The SMILES string of the molecule is CC(C)(C)OC(=O)N1C2CC1CN(c1nc3c(OC(F)(F)C(=O)N4CC(O)C4)ccc(-c4nccs4)c3o1)C2. The second kappa shape index (κ2) is 9.01. The highest BCUT2D eigenvalue weighted by molar-refractivity contribution is 7.13. The number of aliphatic hydroxyl groups is 1. The third-order valence-electron chi connectivity index (χ3n) is 6.86. The summed E-state index contributed by atoms with van der Waals surface area (Å²) in [5.41, 5.74) is 0.159. The number of fused-ring (bicyclic) bond motifs is 3. The van der Waals surface area contributed by atoms with Crippen molar-refractivity contribution in [3.05, 3.63) is 23.7 Å². The van der Waals surface area contributed by atoms with E-state index in [1.165, 1.54) is 23.5 Å². The molecule has 7 rings (SSSR count). The molecule has 3 aromatic rings. The summed E-state index contributed by atoms with van der Waals surface area (Å²) in [5, 5.41) is 11.8. The molecule has 208 valence electrons. The van der Waals surface area contributed by atoms with Crippen molar-refractivity contribution in [1.82, 2.24) is 19.8 Å². The van der Waals surface area contributed by atoms with E-state index in [1.807, 2.05) is 25.7 Å². The fourth-order valence-corrected chi connectivity index (χ4v) is 5.74. The van der Waals surface area contributed by atoms with E-state index in [0.29, 0.717) is 23.7 Å². The molecular formula is C25H27F2N5O6S. The Kier molecular flexibility index (Phi) is 5.95. The number of nitrogens with zero attached hydrogens (tertiary/aromatic N) is 5. The fraction of sp³-hybridized carbons (Fsp3) is 0.520. The van der Waals surface area contributed by atoms with E-state index in [9.17, 15) is 23.5 Å². The van der Waals surface area contributed by atoms with Gasteiger partial charge in [-0.05, 0) is 39.3 Å². The number of alkyl halides is 2. The number of oxazole rings is 1. The summed E-state index contributed by atoms with van der Waals surface area (Å²) < 4.78 is 46.2. The number of carbonyl (C=O) groups is 2. The molecule has 1 N–H and O–H groups in total. The van der Waals surface area contributed by atoms with Crippen LogP contribution in [0.15, 0.2) is 28.1 Å². The average molecular weight is 564 g/mol. The molecule has 0 radical (unpaired) electrons. The van der Waals surface area contributed by atoms with Gasteiger partial charge in [0.2, 0.25) is 0 Å². The number of β-amino-alcohol motifs (C(OH)–C–C–N with tert-alkyl or cyclic N) is 1. The molecule has 2 bridgehead atoms. The smallest absolute Gasteiger partial charge is 0.444 e. The third-order valence-corrected chi connectivity index (χ3v) is 7.67. The lowest BCUT2D eigenvalue weighted by molar-refractivity contribution is -0.210. The van der Waals surface area contributed by atoms with Crippen LogP contribution in [0.5, 0.6) is 5.75 Å². The number of aromatic nitrogens is 2. The zero-order valence-electron chi connectivity index (χ0n) is 21.5. The average Bonchev–Trinajstić information content (AvgIpc) is 3.51. The Morgan fingerprint density at radius 3 is 2.49 bits per heavy atom. The van der Waals surface area contributed by atoms with Crippen molar-refractivity contribution >= 4 is 40.5 Å². The van der Waals surface area contributed by atoms with Gasteiger partial charge in [-0.15, -0.1) is 11.3 Å². The molecule has 4 saturated heterocycles. The van der Waals surface area contributed by atoms with Gasteiger partial charge in [0, 0.05) is 37.8 Å². The summed E-state index contributed by atoms with van der Waals surface area (Å²) in [5.74, 6) is -1.86. The maximum Gasteiger partial charge on any atom is 0.482 e. The maximum absolute atomic E-state index is 14.8. The Labute approximate surface area is 225 Å². The number of carbonyl (C=O) groups excluding carboxylic acids is 2. The standard InChI is InChI=1S/C25H27F2N5O6S/c1-24(2,3)38-23(35)32-13-8-14(32)10-31(9-13)22-29-18-17(37-25(26,27)21(34)30-11-15(33)12-30)5-4-16(19(18)36-22)20-28-6-7-39-20/h4-7,13-15,33H,8-12H2,1-3H3. The van der Waals surface area contributed by atoms with Gasteiger partial charge in [0.1, 0.15) is 10.6 Å². The molecular weight excluding hydrogens is 536 g/mol. The van der Waals surface area contributed by atoms with Gasteiger partial charge in [0.25, 0.3) is 6.01 Å². The first-order valence-electron chi connectivity index (χ1n) is 12.5. The van der Waals surface area contributed by atoms with Gasteiger partial charge in [-0.2, -0.15) is 13.8 Å². The minimum absolute atomic E-state index is 0.0251. The van der Waals surface area contributed by atoms with Crippen molar-refractivity contribution in [2.45, 2.75) is 57.1 Å². The first-order valence-corrected chi connectivity index (χ1v) is 13.4. The van der Waals surface area contributed by atoms with Gasteiger partial charge in [-0.25, -0.2) is 9.78 Å². The lowest BCUT2D eigenvalue weighted by Gasteiger charge is -2.55. The lowest BCUT2D eigenvalue weighted by atomic mass is 9.88. The van der Waals surface area contributed by atoms with Crippen LogP contribution in [0.3, 0.4) is 0 Å². The van der Waals surface area contributed by atoms with Gasteiger partial charge in [0.05, 0.1) is 23.8 Å². The number of halogens is 2. The number of aliphatic hydroxyl groups excluding tert-OH is 1. The van der Waals surface area contributed by atoms with E-state index in [4.69, 9.17) is 13.9 Å². The second-order valence-electron chi connectivity index (χ2n) is 10.9. The highest BCUT2D eigenvalue weighted by Crippen LogP contribution is 2.42. The number of hydrogen-bond donors (Lipinski definition) is 1. The Bertz CT molecular complexity index is 1410. The topological polar surface area (TPSA) is 121 Å². The molecule has 2 amide bonds. The Morgan fingerprint density at radius 1 is 1.15 bits per heavy atom. The molecule has 0 saturated carbocycles. The summed E-state index contributed by atoms with van der Waals surface area (Å²) >= 11 is 1.35. The van der Waals surface area contributed by atoms with Crippen LogP contribution in [-0.2, 0) is 9.53 Å². The number of rotatable bonds is 5. The van der Waals surface area contributed by atoms with E-state index >= 15 is 0 Å². The molecule has 14 heteroatoms. The normalized spacial score (nSPS) is 21.5. The first kappa shape index (κ1) is 25.7. The van der Waals surface area contributed by atoms with E-state index in [0.717, 1.165) is 11.3 Å². The van der Waals surface area contributed by atoms with Gasteiger partial charge >= 0.3 is 18.1 Å². The van der Waals surface area contributed by atoms with Crippen LogP contribution in [0.2, 0.25) is 0 Å². The van der Waals surface area contributed by atoms with Crippen molar-refractivity contribution in [1.29, 1.82) is 0 Å². The predicted octanol–water partition coefficient (Wildman–Crippen LogP) is 3.32. The largest absolute Gasteiger partial charge is 0.482 e. The lowest BCUT2D eigenvalue weighted by Crippen LogP contribution is -2.70. The highest BCUT2D eigenvalue weighted by Gasteiger charge is 2.51. The number of amides is 2. The van der Waals surface area contributed by atoms with E-state index < -0.39 is 23.7 Å². The van der Waals surface area contributed by atoms with Crippen molar-refractivity contribution in [2.75, 3.05) is 31.1 Å².